The van der Waals surface area contributed by atoms with Gasteiger partial charge in [0.2, 0.25) is 5.89 Å². The summed E-state index contributed by atoms with van der Waals surface area (Å²) in [5, 5.41) is 3.82. The molecule has 0 aliphatic heterocycles. The van der Waals surface area contributed by atoms with Crippen molar-refractivity contribution >= 4 is 0 Å². The van der Waals surface area contributed by atoms with E-state index in [1.165, 1.54) is 0 Å². The predicted molar refractivity (Wildman–Crippen MR) is 50.2 cm³/mol. The van der Waals surface area contributed by atoms with Crippen LogP contribution in [-0.2, 0) is 12.8 Å². The number of hydrogen-bond donors (Lipinski definition) is 1. The van der Waals surface area contributed by atoms with Crippen LogP contribution in [0.4, 0.5) is 0 Å². The summed E-state index contributed by atoms with van der Waals surface area (Å²) in [6.07, 6.45) is 2.68. The minimum Gasteiger partial charge on any atom is -0.339 e. The maximum absolute atomic E-state index is 5.50. The Hall–Kier alpha value is -0.900. The van der Waals surface area contributed by atoms with E-state index in [4.69, 9.17) is 10.3 Å². The fourth-order valence-electron chi connectivity index (χ4n) is 1.02. The van der Waals surface area contributed by atoms with Crippen LogP contribution in [-0.4, -0.2) is 16.7 Å². The highest BCUT2D eigenvalue weighted by Gasteiger charge is 2.06. The predicted octanol–water partition coefficient (Wildman–Crippen LogP) is 1.16. The molecule has 1 rings (SSSR count). The first-order valence-electron chi connectivity index (χ1n) is 4.77. The summed E-state index contributed by atoms with van der Waals surface area (Å²) in [4.78, 5) is 4.22. The van der Waals surface area contributed by atoms with Gasteiger partial charge in [-0.05, 0) is 18.9 Å². The largest absolute Gasteiger partial charge is 0.339 e. The molecule has 1 atom stereocenters. The lowest BCUT2D eigenvalue weighted by Crippen LogP contribution is -2.11. The maximum atomic E-state index is 5.50. The van der Waals surface area contributed by atoms with Crippen LogP contribution in [0.3, 0.4) is 0 Å². The molecule has 74 valence electrons. The fraction of sp³-hybridized carbons (Fsp3) is 0.778. The highest BCUT2D eigenvalue weighted by atomic mass is 16.5. The molecule has 0 fully saturated rings. The molecule has 0 saturated carbocycles. The van der Waals surface area contributed by atoms with E-state index < -0.39 is 0 Å². The van der Waals surface area contributed by atoms with Gasteiger partial charge in [-0.2, -0.15) is 4.98 Å². The van der Waals surface area contributed by atoms with E-state index in [2.05, 4.69) is 17.1 Å². The summed E-state index contributed by atoms with van der Waals surface area (Å²) >= 11 is 0. The van der Waals surface area contributed by atoms with Gasteiger partial charge in [-0.25, -0.2) is 0 Å². The van der Waals surface area contributed by atoms with E-state index in [9.17, 15) is 0 Å². The zero-order valence-corrected chi connectivity index (χ0v) is 8.29. The van der Waals surface area contributed by atoms with Crippen molar-refractivity contribution in [2.45, 2.75) is 33.1 Å². The van der Waals surface area contributed by atoms with Gasteiger partial charge in [0.15, 0.2) is 5.82 Å². The van der Waals surface area contributed by atoms with Crippen LogP contribution in [0.2, 0.25) is 0 Å². The summed E-state index contributed by atoms with van der Waals surface area (Å²) in [5.74, 6) is 2.05. The van der Waals surface area contributed by atoms with Gasteiger partial charge in [-0.15, -0.1) is 0 Å². The van der Waals surface area contributed by atoms with E-state index in [-0.39, 0.29) is 0 Å². The van der Waals surface area contributed by atoms with Gasteiger partial charge in [0, 0.05) is 12.8 Å². The van der Waals surface area contributed by atoms with Crippen molar-refractivity contribution in [2.24, 2.45) is 11.7 Å². The monoisotopic (exact) mass is 183 g/mol. The standard InChI is InChI=1S/C9H17N3O/c1-3-8-11-9(13-12-8)5-4-7(2)6-10/h7H,3-6,10H2,1-2H3. The van der Waals surface area contributed by atoms with Crippen molar-refractivity contribution < 1.29 is 4.52 Å². The second kappa shape index (κ2) is 4.97. The molecule has 1 aromatic rings. The minimum absolute atomic E-state index is 0.525. The van der Waals surface area contributed by atoms with Gasteiger partial charge >= 0.3 is 0 Å². The van der Waals surface area contributed by atoms with Crippen LogP contribution in [0.5, 0.6) is 0 Å². The first kappa shape index (κ1) is 10.2. The second-order valence-corrected chi connectivity index (χ2v) is 3.34. The number of rotatable bonds is 5. The maximum Gasteiger partial charge on any atom is 0.226 e. The van der Waals surface area contributed by atoms with Crippen LogP contribution in [0, 0.1) is 5.92 Å². The van der Waals surface area contributed by atoms with Crippen molar-refractivity contribution in [3.63, 3.8) is 0 Å². The Labute approximate surface area is 78.5 Å². The van der Waals surface area contributed by atoms with E-state index in [1.54, 1.807) is 0 Å². The molecule has 0 saturated heterocycles. The van der Waals surface area contributed by atoms with E-state index in [0.717, 1.165) is 37.5 Å². The molecule has 1 heterocycles. The van der Waals surface area contributed by atoms with Gasteiger partial charge in [-0.3, -0.25) is 0 Å². The van der Waals surface area contributed by atoms with Crippen LogP contribution in [0.15, 0.2) is 4.52 Å². The molecule has 4 heteroatoms. The lowest BCUT2D eigenvalue weighted by molar-refractivity contribution is 0.361. The molecular weight excluding hydrogens is 166 g/mol. The molecule has 13 heavy (non-hydrogen) atoms. The molecular formula is C9H17N3O. The summed E-state index contributed by atoms with van der Waals surface area (Å²) in [6.45, 7) is 4.85. The normalized spacial score (nSPS) is 13.2. The van der Waals surface area contributed by atoms with Crippen molar-refractivity contribution in [3.8, 4) is 0 Å². The SMILES string of the molecule is CCc1noc(CCC(C)CN)n1. The Morgan fingerprint density at radius 1 is 1.54 bits per heavy atom. The lowest BCUT2D eigenvalue weighted by atomic mass is 10.1. The van der Waals surface area contributed by atoms with Crippen molar-refractivity contribution in [1.82, 2.24) is 10.1 Å². The average Bonchev–Trinajstić information content (AvgIpc) is 2.61. The molecule has 0 bridgehead atoms. The van der Waals surface area contributed by atoms with E-state index in [1.807, 2.05) is 6.92 Å². The van der Waals surface area contributed by atoms with Gasteiger partial charge in [0.25, 0.3) is 0 Å². The Bertz CT molecular complexity index is 247. The Morgan fingerprint density at radius 3 is 2.85 bits per heavy atom. The number of aryl methyl sites for hydroxylation is 2. The summed E-state index contributed by atoms with van der Waals surface area (Å²) in [7, 11) is 0. The third kappa shape index (κ3) is 3.14. The minimum atomic E-state index is 0.525. The zero-order chi connectivity index (χ0) is 9.68. The third-order valence-electron chi connectivity index (χ3n) is 2.08. The molecule has 4 nitrogen and oxygen atoms in total. The molecule has 0 aliphatic carbocycles. The number of nitrogens with zero attached hydrogens (tertiary/aromatic N) is 2. The van der Waals surface area contributed by atoms with Crippen molar-refractivity contribution in [3.05, 3.63) is 11.7 Å². The van der Waals surface area contributed by atoms with Gasteiger partial charge in [0.05, 0.1) is 0 Å². The number of aromatic nitrogens is 2. The third-order valence-corrected chi connectivity index (χ3v) is 2.08. The number of hydrogen-bond acceptors (Lipinski definition) is 4. The van der Waals surface area contributed by atoms with Gasteiger partial charge in [0.1, 0.15) is 0 Å². The lowest BCUT2D eigenvalue weighted by Gasteiger charge is -2.03. The van der Waals surface area contributed by atoms with Crippen LogP contribution < -0.4 is 5.73 Å². The Morgan fingerprint density at radius 2 is 2.31 bits per heavy atom. The molecule has 0 radical (unpaired) electrons. The second-order valence-electron chi connectivity index (χ2n) is 3.34. The first-order valence-corrected chi connectivity index (χ1v) is 4.77. The molecule has 0 spiro atoms. The highest BCUT2D eigenvalue weighted by molar-refractivity contribution is 4.85. The van der Waals surface area contributed by atoms with E-state index in [0.29, 0.717) is 5.92 Å². The Kier molecular flexibility index (Phi) is 3.89. The van der Waals surface area contributed by atoms with Crippen LogP contribution >= 0.6 is 0 Å². The Balaban J connectivity index is 2.36. The molecule has 1 aromatic heterocycles. The average molecular weight is 183 g/mol. The highest BCUT2D eigenvalue weighted by Crippen LogP contribution is 2.06. The number of nitrogens with two attached hydrogens (primary N) is 1. The molecule has 0 aliphatic rings. The first-order chi connectivity index (χ1) is 6.26. The molecule has 2 N–H and O–H groups in total. The van der Waals surface area contributed by atoms with Crippen molar-refractivity contribution in [1.29, 1.82) is 0 Å². The smallest absolute Gasteiger partial charge is 0.226 e. The zero-order valence-electron chi connectivity index (χ0n) is 8.29. The summed E-state index contributed by atoms with van der Waals surface area (Å²) in [5.41, 5.74) is 5.50. The summed E-state index contributed by atoms with van der Waals surface area (Å²) < 4.78 is 5.05. The van der Waals surface area contributed by atoms with Crippen LogP contribution in [0.25, 0.3) is 0 Å². The molecule has 1 unspecified atom stereocenters. The van der Waals surface area contributed by atoms with Crippen molar-refractivity contribution in [2.75, 3.05) is 6.54 Å². The summed E-state index contributed by atoms with van der Waals surface area (Å²) in [6, 6.07) is 0. The molecule has 0 amide bonds. The van der Waals surface area contributed by atoms with Gasteiger partial charge < -0.3 is 10.3 Å². The van der Waals surface area contributed by atoms with E-state index >= 15 is 0 Å². The quantitative estimate of drug-likeness (QED) is 0.744. The van der Waals surface area contributed by atoms with Gasteiger partial charge in [-0.1, -0.05) is 19.0 Å². The fourth-order valence-corrected chi connectivity index (χ4v) is 1.02. The topological polar surface area (TPSA) is 64.9 Å². The van der Waals surface area contributed by atoms with Crippen LogP contribution in [0.1, 0.15) is 32.0 Å². The molecule has 0 aromatic carbocycles.